The van der Waals surface area contributed by atoms with Gasteiger partial charge in [0.25, 0.3) is 0 Å². The summed E-state index contributed by atoms with van der Waals surface area (Å²) in [6, 6.07) is 12.1. The molecule has 26 heavy (non-hydrogen) atoms. The van der Waals surface area contributed by atoms with E-state index < -0.39 is 5.97 Å². The standard InChI is InChI=1S/C20H19N3O3/c24-18-8-7-15(11-17(18)23-9-1-2-10-23)16-12-21-19(22-16)13-3-5-14(6-4-13)20(25)26/h3-8,11-12,24H,1-2,9-10H2,(H,21,22)(H,25,26). The molecule has 0 bridgehead atoms. The van der Waals surface area contributed by atoms with Gasteiger partial charge >= 0.3 is 5.97 Å². The highest BCUT2D eigenvalue weighted by atomic mass is 16.4. The number of carbonyl (C=O) groups is 1. The van der Waals surface area contributed by atoms with Crippen molar-refractivity contribution in [1.82, 2.24) is 9.97 Å². The van der Waals surface area contributed by atoms with Crippen molar-refractivity contribution in [3.63, 3.8) is 0 Å². The summed E-state index contributed by atoms with van der Waals surface area (Å²) >= 11 is 0. The lowest BCUT2D eigenvalue weighted by atomic mass is 10.1. The van der Waals surface area contributed by atoms with E-state index in [1.165, 1.54) is 0 Å². The van der Waals surface area contributed by atoms with Crippen molar-refractivity contribution in [2.24, 2.45) is 0 Å². The van der Waals surface area contributed by atoms with E-state index >= 15 is 0 Å². The maximum atomic E-state index is 11.0. The maximum Gasteiger partial charge on any atom is 0.335 e. The van der Waals surface area contributed by atoms with E-state index in [0.717, 1.165) is 48.4 Å². The van der Waals surface area contributed by atoms with Gasteiger partial charge in [0, 0.05) is 24.2 Å². The third kappa shape index (κ3) is 3.01. The lowest BCUT2D eigenvalue weighted by Gasteiger charge is -2.19. The SMILES string of the molecule is O=C(O)c1ccc(-c2ncc(-c3ccc(O)c(N4CCCC4)c3)[nH]2)cc1. The van der Waals surface area contributed by atoms with Gasteiger partial charge in [0.05, 0.1) is 23.1 Å². The Labute approximate surface area is 150 Å². The van der Waals surface area contributed by atoms with Crippen LogP contribution >= 0.6 is 0 Å². The molecule has 0 radical (unpaired) electrons. The van der Waals surface area contributed by atoms with E-state index in [1.54, 1.807) is 36.5 Å². The van der Waals surface area contributed by atoms with Crippen LogP contribution in [0.5, 0.6) is 5.75 Å². The van der Waals surface area contributed by atoms with Gasteiger partial charge in [-0.25, -0.2) is 9.78 Å². The van der Waals surface area contributed by atoms with Gasteiger partial charge in [0.15, 0.2) is 0 Å². The van der Waals surface area contributed by atoms with Crippen LogP contribution in [0, 0.1) is 0 Å². The molecule has 132 valence electrons. The molecular formula is C20H19N3O3. The van der Waals surface area contributed by atoms with Crippen molar-refractivity contribution in [1.29, 1.82) is 0 Å². The number of aromatic carboxylic acids is 1. The first-order valence-corrected chi connectivity index (χ1v) is 8.59. The quantitative estimate of drug-likeness (QED) is 0.667. The third-order valence-electron chi connectivity index (χ3n) is 4.71. The topological polar surface area (TPSA) is 89.4 Å². The maximum absolute atomic E-state index is 11.0. The number of rotatable bonds is 4. The number of phenolic OH excluding ortho intramolecular Hbond substituents is 1. The summed E-state index contributed by atoms with van der Waals surface area (Å²) in [5.74, 6) is 0.0163. The van der Waals surface area contributed by atoms with Crippen molar-refractivity contribution < 1.29 is 15.0 Å². The minimum absolute atomic E-state index is 0.245. The number of aromatic amines is 1. The molecule has 0 spiro atoms. The number of phenols is 1. The Kier molecular flexibility index (Phi) is 4.08. The number of carboxylic acids is 1. The summed E-state index contributed by atoms with van der Waals surface area (Å²) in [5.41, 5.74) is 3.71. The van der Waals surface area contributed by atoms with E-state index in [-0.39, 0.29) is 5.56 Å². The van der Waals surface area contributed by atoms with Crippen molar-refractivity contribution >= 4 is 11.7 Å². The number of H-pyrrole nitrogens is 1. The molecule has 2 aromatic carbocycles. The molecule has 4 rings (SSSR count). The Hall–Kier alpha value is -3.28. The lowest BCUT2D eigenvalue weighted by molar-refractivity contribution is 0.0697. The Morgan fingerprint density at radius 2 is 1.73 bits per heavy atom. The molecule has 0 aliphatic carbocycles. The second-order valence-corrected chi connectivity index (χ2v) is 6.43. The zero-order chi connectivity index (χ0) is 18.1. The summed E-state index contributed by atoms with van der Waals surface area (Å²) in [4.78, 5) is 20.8. The summed E-state index contributed by atoms with van der Waals surface area (Å²) in [7, 11) is 0. The van der Waals surface area contributed by atoms with Gasteiger partial charge in [0.1, 0.15) is 11.6 Å². The van der Waals surface area contributed by atoms with Crippen LogP contribution < -0.4 is 4.90 Å². The van der Waals surface area contributed by atoms with Crippen LogP contribution in [0.25, 0.3) is 22.6 Å². The highest BCUT2D eigenvalue weighted by molar-refractivity contribution is 5.88. The number of nitrogens with one attached hydrogen (secondary N) is 1. The van der Waals surface area contributed by atoms with Crippen LogP contribution in [-0.2, 0) is 0 Å². The number of nitrogens with zero attached hydrogens (tertiary/aromatic N) is 2. The molecule has 1 aliphatic rings. The Morgan fingerprint density at radius 3 is 2.42 bits per heavy atom. The minimum Gasteiger partial charge on any atom is -0.506 e. The molecular weight excluding hydrogens is 330 g/mol. The molecule has 0 amide bonds. The first-order valence-electron chi connectivity index (χ1n) is 8.59. The van der Waals surface area contributed by atoms with Crippen LogP contribution in [0.1, 0.15) is 23.2 Å². The predicted octanol–water partition coefficient (Wildman–Crippen LogP) is 3.75. The number of imidazole rings is 1. The molecule has 3 N–H and O–H groups in total. The molecule has 1 saturated heterocycles. The summed E-state index contributed by atoms with van der Waals surface area (Å²) < 4.78 is 0. The molecule has 2 heterocycles. The van der Waals surface area contributed by atoms with Crippen molar-refractivity contribution in [3.8, 4) is 28.4 Å². The minimum atomic E-state index is -0.949. The monoisotopic (exact) mass is 349 g/mol. The van der Waals surface area contributed by atoms with Gasteiger partial charge in [0.2, 0.25) is 0 Å². The summed E-state index contributed by atoms with van der Waals surface area (Å²) in [6.07, 6.45) is 4.04. The van der Waals surface area contributed by atoms with E-state index in [0.29, 0.717) is 11.6 Å². The number of hydrogen-bond acceptors (Lipinski definition) is 4. The Balaban J connectivity index is 1.63. The number of benzene rings is 2. The molecule has 0 atom stereocenters. The van der Waals surface area contributed by atoms with Crippen molar-refractivity contribution in [3.05, 3.63) is 54.2 Å². The van der Waals surface area contributed by atoms with E-state index in [2.05, 4.69) is 14.9 Å². The average molecular weight is 349 g/mol. The van der Waals surface area contributed by atoms with E-state index in [1.807, 2.05) is 12.1 Å². The summed E-state index contributed by atoms with van der Waals surface area (Å²) in [6.45, 7) is 1.92. The van der Waals surface area contributed by atoms with Crippen molar-refractivity contribution in [2.75, 3.05) is 18.0 Å². The predicted molar refractivity (Wildman–Crippen MR) is 99.5 cm³/mol. The Bertz CT molecular complexity index is 941. The smallest absolute Gasteiger partial charge is 0.335 e. The van der Waals surface area contributed by atoms with Crippen LogP contribution in [0.2, 0.25) is 0 Å². The Morgan fingerprint density at radius 1 is 1.04 bits per heavy atom. The second kappa shape index (κ2) is 6.55. The first kappa shape index (κ1) is 16.2. The number of hydrogen-bond donors (Lipinski definition) is 3. The van der Waals surface area contributed by atoms with Crippen molar-refractivity contribution in [2.45, 2.75) is 12.8 Å². The lowest BCUT2D eigenvalue weighted by Crippen LogP contribution is -2.17. The molecule has 1 fully saturated rings. The molecule has 1 aromatic heterocycles. The molecule has 1 aliphatic heterocycles. The average Bonchev–Trinajstić information content (AvgIpc) is 3.34. The first-order chi connectivity index (χ1) is 12.6. The number of carboxylic acid groups (broad SMARTS) is 1. The zero-order valence-electron chi connectivity index (χ0n) is 14.1. The van der Waals surface area contributed by atoms with Gasteiger partial charge in [-0.2, -0.15) is 0 Å². The van der Waals surface area contributed by atoms with Gasteiger partial charge in [-0.15, -0.1) is 0 Å². The largest absolute Gasteiger partial charge is 0.506 e. The highest BCUT2D eigenvalue weighted by Gasteiger charge is 2.17. The van der Waals surface area contributed by atoms with Gasteiger partial charge in [-0.1, -0.05) is 12.1 Å². The zero-order valence-corrected chi connectivity index (χ0v) is 14.1. The van der Waals surface area contributed by atoms with Crippen LogP contribution in [0.4, 0.5) is 5.69 Å². The number of aromatic hydroxyl groups is 1. The fourth-order valence-electron chi connectivity index (χ4n) is 3.29. The van der Waals surface area contributed by atoms with Crippen LogP contribution in [0.15, 0.2) is 48.7 Å². The highest BCUT2D eigenvalue weighted by Crippen LogP contribution is 2.34. The van der Waals surface area contributed by atoms with E-state index in [9.17, 15) is 9.90 Å². The fraction of sp³-hybridized carbons (Fsp3) is 0.200. The molecule has 0 unspecified atom stereocenters. The normalized spacial score (nSPS) is 13.9. The van der Waals surface area contributed by atoms with Crippen LogP contribution in [0.3, 0.4) is 0 Å². The fourth-order valence-corrected chi connectivity index (χ4v) is 3.29. The second-order valence-electron chi connectivity index (χ2n) is 6.43. The van der Waals surface area contributed by atoms with Gasteiger partial charge in [-0.3, -0.25) is 0 Å². The molecule has 6 heteroatoms. The number of aromatic nitrogens is 2. The van der Waals surface area contributed by atoms with Gasteiger partial charge in [-0.05, 0) is 43.2 Å². The third-order valence-corrected chi connectivity index (χ3v) is 4.71. The van der Waals surface area contributed by atoms with Crippen LogP contribution in [-0.4, -0.2) is 39.2 Å². The molecule has 3 aromatic rings. The number of anilines is 1. The molecule has 0 saturated carbocycles. The summed E-state index contributed by atoms with van der Waals surface area (Å²) in [5, 5.41) is 19.2. The molecule has 6 nitrogen and oxygen atoms in total. The van der Waals surface area contributed by atoms with E-state index in [4.69, 9.17) is 5.11 Å². The van der Waals surface area contributed by atoms with Gasteiger partial charge < -0.3 is 20.1 Å².